The van der Waals surface area contributed by atoms with Crippen LogP contribution in [-0.2, 0) is 0 Å². The number of nitrogens with two attached hydrogens (primary N) is 1. The first-order valence-corrected chi connectivity index (χ1v) is 4.91. The number of hydrogen-bond donors (Lipinski definition) is 1. The van der Waals surface area contributed by atoms with E-state index in [2.05, 4.69) is 0 Å². The third kappa shape index (κ3) is 2.25. The maximum absolute atomic E-state index is 13.5. The average Bonchev–Trinajstić information content (AvgIpc) is 2.01. The number of hydrogen-bond acceptors (Lipinski definition) is 1. The molecule has 0 aliphatic carbocycles. The first-order valence-electron chi connectivity index (χ1n) is 4.53. The van der Waals surface area contributed by atoms with Crippen LogP contribution in [0.25, 0.3) is 0 Å². The molecule has 0 saturated heterocycles. The molecule has 0 unspecified atom stereocenters. The Labute approximate surface area is 89.1 Å². The maximum Gasteiger partial charge on any atom is 0.129 e. The van der Waals surface area contributed by atoms with E-state index >= 15 is 0 Å². The first-order chi connectivity index (χ1) is 6.34. The Balaban J connectivity index is 3.19. The highest BCUT2D eigenvalue weighted by atomic mass is 35.5. The molecule has 0 aliphatic rings. The van der Waals surface area contributed by atoms with Gasteiger partial charge in [0, 0.05) is 16.6 Å². The highest BCUT2D eigenvalue weighted by Gasteiger charge is 2.26. The van der Waals surface area contributed by atoms with Crippen molar-refractivity contribution in [3.05, 3.63) is 34.6 Å². The Morgan fingerprint density at radius 2 is 1.93 bits per heavy atom. The van der Waals surface area contributed by atoms with Crippen molar-refractivity contribution >= 4 is 11.6 Å². The lowest BCUT2D eigenvalue weighted by atomic mass is 9.83. The van der Waals surface area contributed by atoms with Gasteiger partial charge in [-0.15, -0.1) is 0 Å². The van der Waals surface area contributed by atoms with Crippen LogP contribution in [0.2, 0.25) is 5.02 Å². The van der Waals surface area contributed by atoms with Crippen LogP contribution in [0.1, 0.15) is 32.4 Å². The number of rotatable bonds is 1. The predicted octanol–water partition coefficient (Wildman–Crippen LogP) is 3.53. The summed E-state index contributed by atoms with van der Waals surface area (Å²) in [5.41, 5.74) is 6.15. The molecular formula is C11H15ClFN. The molecule has 0 amide bonds. The molecule has 0 bridgehead atoms. The highest BCUT2D eigenvalue weighted by molar-refractivity contribution is 6.31. The van der Waals surface area contributed by atoms with E-state index in [1.165, 1.54) is 6.07 Å². The van der Waals surface area contributed by atoms with E-state index in [1.54, 1.807) is 12.1 Å². The van der Waals surface area contributed by atoms with Gasteiger partial charge in [0.2, 0.25) is 0 Å². The van der Waals surface area contributed by atoms with Gasteiger partial charge in [0.15, 0.2) is 0 Å². The molecule has 14 heavy (non-hydrogen) atoms. The van der Waals surface area contributed by atoms with Gasteiger partial charge in [0.25, 0.3) is 0 Å². The van der Waals surface area contributed by atoms with Gasteiger partial charge in [-0.25, -0.2) is 4.39 Å². The lowest BCUT2D eigenvalue weighted by Crippen LogP contribution is -2.27. The van der Waals surface area contributed by atoms with Gasteiger partial charge in [-0.2, -0.15) is 0 Å². The van der Waals surface area contributed by atoms with Crippen LogP contribution in [0.4, 0.5) is 4.39 Å². The second kappa shape index (κ2) is 3.87. The van der Waals surface area contributed by atoms with Gasteiger partial charge >= 0.3 is 0 Å². The summed E-state index contributed by atoms with van der Waals surface area (Å²) in [5.74, 6) is -0.333. The monoisotopic (exact) mass is 215 g/mol. The zero-order chi connectivity index (χ0) is 10.9. The minimum absolute atomic E-state index is 0.203. The molecule has 0 aromatic heterocycles. The molecule has 3 heteroatoms. The molecule has 0 radical (unpaired) electrons. The molecule has 0 heterocycles. The highest BCUT2D eigenvalue weighted by Crippen LogP contribution is 2.35. The van der Waals surface area contributed by atoms with E-state index in [-0.39, 0.29) is 11.2 Å². The Morgan fingerprint density at radius 3 is 2.36 bits per heavy atom. The van der Waals surface area contributed by atoms with Gasteiger partial charge in [-0.1, -0.05) is 38.4 Å². The molecular weight excluding hydrogens is 201 g/mol. The van der Waals surface area contributed by atoms with Crippen LogP contribution in [0, 0.1) is 11.2 Å². The normalized spacial score (nSPS) is 14.1. The summed E-state index contributed by atoms with van der Waals surface area (Å²) in [4.78, 5) is 0. The molecule has 0 spiro atoms. The molecule has 1 rings (SSSR count). The van der Waals surface area contributed by atoms with Crippen molar-refractivity contribution in [1.82, 2.24) is 0 Å². The van der Waals surface area contributed by atoms with Crippen LogP contribution in [0.15, 0.2) is 18.2 Å². The summed E-state index contributed by atoms with van der Waals surface area (Å²) in [6.07, 6.45) is 0. The van der Waals surface area contributed by atoms with Gasteiger partial charge in [-0.05, 0) is 17.5 Å². The Bertz CT molecular complexity index is 310. The predicted molar refractivity (Wildman–Crippen MR) is 57.8 cm³/mol. The largest absolute Gasteiger partial charge is 0.323 e. The third-order valence-electron chi connectivity index (χ3n) is 2.24. The van der Waals surface area contributed by atoms with Crippen molar-refractivity contribution in [2.24, 2.45) is 11.1 Å². The van der Waals surface area contributed by atoms with E-state index in [4.69, 9.17) is 17.3 Å². The average molecular weight is 216 g/mol. The van der Waals surface area contributed by atoms with E-state index < -0.39 is 6.04 Å². The van der Waals surface area contributed by atoms with Crippen LogP contribution < -0.4 is 5.73 Å². The molecule has 0 aliphatic heterocycles. The standard InChI is InChI=1S/C11H15ClFN/c1-11(2,3)10(14)9-7(12)5-4-6-8(9)13/h4-6,10H,14H2,1-3H3/t10-/m1/s1. The molecule has 0 saturated carbocycles. The summed E-state index contributed by atoms with van der Waals surface area (Å²) in [6.45, 7) is 5.88. The van der Waals surface area contributed by atoms with Crippen molar-refractivity contribution in [2.75, 3.05) is 0 Å². The fraction of sp³-hybridized carbons (Fsp3) is 0.455. The molecule has 0 fully saturated rings. The number of halogens is 2. The van der Waals surface area contributed by atoms with Crippen molar-refractivity contribution in [2.45, 2.75) is 26.8 Å². The molecule has 1 nitrogen and oxygen atoms in total. The summed E-state index contributed by atoms with van der Waals surface area (Å²) < 4.78 is 13.5. The van der Waals surface area contributed by atoms with Crippen LogP contribution >= 0.6 is 11.6 Å². The Hall–Kier alpha value is -0.600. The molecule has 2 N–H and O–H groups in total. The molecule has 1 aromatic rings. The summed E-state index contributed by atoms with van der Waals surface area (Å²) in [5, 5.41) is 0.396. The smallest absolute Gasteiger partial charge is 0.129 e. The second-order valence-electron chi connectivity index (χ2n) is 4.48. The Kier molecular flexibility index (Phi) is 3.17. The minimum Gasteiger partial charge on any atom is -0.323 e. The van der Waals surface area contributed by atoms with Crippen molar-refractivity contribution in [1.29, 1.82) is 0 Å². The van der Waals surface area contributed by atoms with E-state index in [0.29, 0.717) is 10.6 Å². The SMILES string of the molecule is CC(C)(C)[C@H](N)c1c(F)cccc1Cl. The third-order valence-corrected chi connectivity index (χ3v) is 2.57. The second-order valence-corrected chi connectivity index (χ2v) is 4.89. The topological polar surface area (TPSA) is 26.0 Å². The van der Waals surface area contributed by atoms with E-state index in [9.17, 15) is 4.39 Å². The lowest BCUT2D eigenvalue weighted by molar-refractivity contribution is 0.319. The molecule has 1 atom stereocenters. The van der Waals surface area contributed by atoms with E-state index in [0.717, 1.165) is 0 Å². The number of benzene rings is 1. The fourth-order valence-corrected chi connectivity index (χ4v) is 1.52. The maximum atomic E-state index is 13.5. The van der Waals surface area contributed by atoms with Crippen molar-refractivity contribution < 1.29 is 4.39 Å². The zero-order valence-corrected chi connectivity index (χ0v) is 9.40. The van der Waals surface area contributed by atoms with E-state index in [1.807, 2.05) is 20.8 Å². The van der Waals surface area contributed by atoms with Crippen molar-refractivity contribution in [3.63, 3.8) is 0 Å². The molecule has 78 valence electrons. The molecule has 1 aromatic carbocycles. The van der Waals surface area contributed by atoms with Crippen molar-refractivity contribution in [3.8, 4) is 0 Å². The summed E-state index contributed by atoms with van der Waals surface area (Å²) >= 11 is 5.91. The Morgan fingerprint density at radius 1 is 1.36 bits per heavy atom. The van der Waals surface area contributed by atoms with Crippen LogP contribution in [0.3, 0.4) is 0 Å². The van der Waals surface area contributed by atoms with Gasteiger partial charge in [0.05, 0.1) is 0 Å². The lowest BCUT2D eigenvalue weighted by Gasteiger charge is -2.28. The summed E-state index contributed by atoms with van der Waals surface area (Å²) in [6, 6.07) is 4.23. The fourth-order valence-electron chi connectivity index (χ4n) is 1.24. The van der Waals surface area contributed by atoms with Gasteiger partial charge in [-0.3, -0.25) is 0 Å². The summed E-state index contributed by atoms with van der Waals surface area (Å²) in [7, 11) is 0. The minimum atomic E-state index is -0.392. The van der Waals surface area contributed by atoms with Crippen LogP contribution in [-0.4, -0.2) is 0 Å². The zero-order valence-electron chi connectivity index (χ0n) is 8.64. The quantitative estimate of drug-likeness (QED) is 0.762. The van der Waals surface area contributed by atoms with Gasteiger partial charge < -0.3 is 5.73 Å². The van der Waals surface area contributed by atoms with Crippen LogP contribution in [0.5, 0.6) is 0 Å². The van der Waals surface area contributed by atoms with Gasteiger partial charge in [0.1, 0.15) is 5.82 Å². The first kappa shape index (κ1) is 11.5.